The van der Waals surface area contributed by atoms with Crippen LogP contribution in [-0.2, 0) is 18.0 Å². The van der Waals surface area contributed by atoms with Gasteiger partial charge in [0.15, 0.2) is 0 Å². The molecule has 0 amide bonds. The first-order valence-electron chi connectivity index (χ1n) is 10.6. The van der Waals surface area contributed by atoms with Crippen LogP contribution in [0, 0.1) is 22.7 Å². The van der Waals surface area contributed by atoms with Gasteiger partial charge in [0, 0.05) is 0 Å². The second-order valence-corrected chi connectivity index (χ2v) is 13.0. The van der Waals surface area contributed by atoms with Crippen LogP contribution in [0.1, 0.15) is 79.6 Å². The van der Waals surface area contributed by atoms with Crippen LogP contribution in [0.5, 0.6) is 0 Å². The van der Waals surface area contributed by atoms with E-state index < -0.39 is 21.2 Å². The molecule has 0 radical (unpaired) electrons. The average molecular weight is 468 g/mol. The highest BCUT2D eigenvalue weighted by Crippen LogP contribution is 2.67. The second kappa shape index (κ2) is 9.07. The maximum Gasteiger partial charge on any atom is 0.481 e. The summed E-state index contributed by atoms with van der Waals surface area (Å²) in [4.78, 5) is 28.1. The third-order valence-corrected chi connectivity index (χ3v) is 9.86. The van der Waals surface area contributed by atoms with Crippen molar-refractivity contribution >= 4 is 15.6 Å². The molecule has 176 valence electrons. The van der Waals surface area contributed by atoms with Gasteiger partial charge in [0.25, 0.3) is 0 Å². The highest BCUT2D eigenvalue weighted by molar-refractivity contribution is 7.60. The van der Waals surface area contributed by atoms with Crippen molar-refractivity contribution in [2.75, 3.05) is 6.61 Å². The van der Waals surface area contributed by atoms with E-state index in [0.29, 0.717) is 25.2 Å². The molecule has 2 aliphatic carbocycles. The minimum Gasteiger partial charge on any atom is -0.392 e. The van der Waals surface area contributed by atoms with Gasteiger partial charge in [-0.25, -0.2) is 9.13 Å². The number of allylic oxidation sites excluding steroid dienone is 1. The van der Waals surface area contributed by atoms with Crippen molar-refractivity contribution in [3.8, 4) is 0 Å². The molecule has 0 bridgehead atoms. The lowest BCUT2D eigenvalue weighted by atomic mass is 9.45. The molecule has 2 aliphatic rings. The van der Waals surface area contributed by atoms with E-state index in [9.17, 15) is 19.1 Å². The molecule has 2 fully saturated rings. The van der Waals surface area contributed by atoms with E-state index in [-0.39, 0.29) is 23.4 Å². The molecule has 1 unspecified atom stereocenters. The summed E-state index contributed by atoms with van der Waals surface area (Å²) in [6.07, 6.45) is 7.56. The molecular weight excluding hydrogens is 430 g/mol. The Labute approximate surface area is 179 Å². The summed E-state index contributed by atoms with van der Waals surface area (Å²) >= 11 is 0. The van der Waals surface area contributed by atoms with Gasteiger partial charge in [0.2, 0.25) is 0 Å². The van der Waals surface area contributed by atoms with Crippen LogP contribution in [0.25, 0.3) is 0 Å². The zero-order valence-corrected chi connectivity index (χ0v) is 20.5. The predicted molar refractivity (Wildman–Crippen MR) is 114 cm³/mol. The molecule has 0 heterocycles. The van der Waals surface area contributed by atoms with E-state index in [0.717, 1.165) is 31.3 Å². The van der Waals surface area contributed by atoms with Crippen LogP contribution < -0.4 is 0 Å². The van der Waals surface area contributed by atoms with Crippen molar-refractivity contribution < 1.29 is 37.8 Å². The lowest BCUT2D eigenvalue weighted by molar-refractivity contribution is -0.163. The molecule has 30 heavy (non-hydrogen) atoms. The van der Waals surface area contributed by atoms with Crippen LogP contribution in [-0.4, -0.2) is 32.0 Å². The van der Waals surface area contributed by atoms with E-state index >= 15 is 0 Å². The fourth-order valence-electron chi connectivity index (χ4n) is 6.40. The Morgan fingerprint density at radius 3 is 2.30 bits per heavy atom. The molecule has 5 atom stereocenters. The number of aliphatic hydroxyl groups excluding tert-OH is 1. The quantitative estimate of drug-likeness (QED) is 0.291. The maximum absolute atomic E-state index is 12.5. The monoisotopic (exact) mass is 468 g/mol. The molecule has 2 rings (SSSR count). The molecular formula is C20H38O8P2. The first kappa shape index (κ1) is 26.2. The number of rotatable bonds is 8. The Bertz CT molecular complexity index is 745. The third-order valence-electron chi connectivity index (χ3n) is 7.54. The average Bonchev–Trinajstić information content (AvgIpc) is 2.50. The number of fused-ring (bicyclic) bond motifs is 1. The topological polar surface area (TPSA) is 134 Å². The van der Waals surface area contributed by atoms with Gasteiger partial charge >= 0.3 is 15.6 Å². The van der Waals surface area contributed by atoms with Gasteiger partial charge in [0.05, 0.1) is 12.2 Å². The molecule has 0 aliphatic heterocycles. The molecule has 8 nitrogen and oxygen atoms in total. The van der Waals surface area contributed by atoms with Gasteiger partial charge < -0.3 is 19.8 Å². The Morgan fingerprint density at radius 2 is 1.73 bits per heavy atom. The van der Waals surface area contributed by atoms with E-state index in [2.05, 4.69) is 25.1 Å². The number of hydrogen-bond acceptors (Lipinski definition) is 5. The SMILES string of the molecule is CC(=CCO)CC[C@@H]1[C@@]2(C)CCCC(C)(C)[C@@H]2CC[C@@]1(C)OP(=O)(O)OP(=O)(O)O. The van der Waals surface area contributed by atoms with Gasteiger partial charge in [-0.05, 0) is 75.0 Å². The Kier molecular flexibility index (Phi) is 7.93. The number of phosphoric acid groups is 2. The van der Waals surface area contributed by atoms with Crippen molar-refractivity contribution in [2.24, 2.45) is 22.7 Å². The van der Waals surface area contributed by atoms with Crippen molar-refractivity contribution in [2.45, 2.75) is 85.2 Å². The van der Waals surface area contributed by atoms with Gasteiger partial charge in [0.1, 0.15) is 0 Å². The summed E-state index contributed by atoms with van der Waals surface area (Å²) in [5.41, 5.74) is -0.0683. The highest BCUT2D eigenvalue weighted by Gasteiger charge is 2.60. The minimum absolute atomic E-state index is 0.0425. The molecule has 10 heteroatoms. The van der Waals surface area contributed by atoms with Crippen LogP contribution in [0.3, 0.4) is 0 Å². The highest BCUT2D eigenvalue weighted by atomic mass is 31.3. The van der Waals surface area contributed by atoms with E-state index in [1.807, 2.05) is 6.92 Å². The summed E-state index contributed by atoms with van der Waals surface area (Å²) in [7, 11) is -10.2. The van der Waals surface area contributed by atoms with Crippen LogP contribution in [0.2, 0.25) is 0 Å². The van der Waals surface area contributed by atoms with Crippen molar-refractivity contribution in [1.82, 2.24) is 0 Å². The van der Waals surface area contributed by atoms with Crippen LogP contribution in [0.15, 0.2) is 11.6 Å². The first-order valence-corrected chi connectivity index (χ1v) is 13.6. The zero-order valence-electron chi connectivity index (χ0n) is 18.7. The number of aliphatic hydroxyl groups is 1. The fourth-order valence-corrected chi connectivity index (χ4v) is 8.35. The molecule has 2 saturated carbocycles. The van der Waals surface area contributed by atoms with Gasteiger partial charge in [-0.2, -0.15) is 4.31 Å². The standard InChI is InChI=1S/C20H38O8P2/c1-15(10-14-21)7-8-17-19(4)12-6-11-18(2,3)16(19)9-13-20(17,5)27-30(25,26)28-29(22,23)24/h10,16-17,21H,6-9,11-14H2,1-5H3,(H,25,26)(H2,22,23,24)/t16-,17+,19-,20+/m0/s1. The molecule has 0 spiro atoms. The predicted octanol–water partition coefficient (Wildman–Crippen LogP) is 4.93. The Balaban J connectivity index is 2.41. The Hall–Kier alpha value is -0.0400. The van der Waals surface area contributed by atoms with Gasteiger partial charge in [-0.15, -0.1) is 0 Å². The molecule has 0 saturated heterocycles. The lowest BCUT2D eigenvalue weighted by Crippen LogP contribution is -2.58. The Morgan fingerprint density at radius 1 is 1.10 bits per heavy atom. The van der Waals surface area contributed by atoms with E-state index in [1.54, 1.807) is 13.0 Å². The summed E-state index contributed by atoms with van der Waals surface area (Å²) in [5.74, 6) is 0.287. The minimum atomic E-state index is -5.19. The molecule has 0 aromatic heterocycles. The van der Waals surface area contributed by atoms with Gasteiger partial charge in [-0.3, -0.25) is 4.52 Å². The second-order valence-electron chi connectivity index (χ2n) is 10.2. The van der Waals surface area contributed by atoms with Crippen molar-refractivity contribution in [3.63, 3.8) is 0 Å². The van der Waals surface area contributed by atoms with Gasteiger partial charge in [-0.1, -0.05) is 38.8 Å². The van der Waals surface area contributed by atoms with Crippen LogP contribution in [0.4, 0.5) is 0 Å². The van der Waals surface area contributed by atoms with Crippen molar-refractivity contribution in [1.29, 1.82) is 0 Å². The summed E-state index contributed by atoms with van der Waals surface area (Å²) in [6.45, 7) is 10.4. The van der Waals surface area contributed by atoms with E-state index in [1.165, 1.54) is 0 Å². The zero-order chi connectivity index (χ0) is 23.0. The smallest absolute Gasteiger partial charge is 0.392 e. The summed E-state index contributed by atoms with van der Waals surface area (Å²) < 4.78 is 33.3. The molecule has 0 aromatic rings. The largest absolute Gasteiger partial charge is 0.481 e. The molecule has 4 N–H and O–H groups in total. The fraction of sp³-hybridized carbons (Fsp3) is 0.900. The normalized spacial score (nSPS) is 36.8. The summed E-state index contributed by atoms with van der Waals surface area (Å²) in [6, 6.07) is 0. The molecule has 0 aromatic carbocycles. The van der Waals surface area contributed by atoms with Crippen molar-refractivity contribution in [3.05, 3.63) is 11.6 Å². The summed E-state index contributed by atoms with van der Waals surface area (Å²) in [5, 5.41) is 9.18. The lowest BCUT2D eigenvalue weighted by Gasteiger charge is -2.62. The first-order chi connectivity index (χ1) is 13.5. The maximum atomic E-state index is 12.5. The van der Waals surface area contributed by atoms with Crippen LogP contribution >= 0.6 is 15.6 Å². The third kappa shape index (κ3) is 6.05. The number of phosphoric ester groups is 1. The van der Waals surface area contributed by atoms with E-state index in [4.69, 9.17) is 14.3 Å². The number of hydrogen-bond donors (Lipinski definition) is 4.